The molecular weight excluding hydrogens is 279 g/mol. The van der Waals surface area contributed by atoms with E-state index in [-0.39, 0.29) is 17.9 Å². The third kappa shape index (κ3) is 2.44. The molecule has 0 saturated carbocycles. The molecule has 8 heteroatoms. The number of carbonyl (C=O) groups is 1. The van der Waals surface area contributed by atoms with E-state index in [0.717, 1.165) is 0 Å². The van der Waals surface area contributed by atoms with E-state index in [2.05, 4.69) is 0 Å². The molecule has 110 valence electrons. The molecule has 1 aromatic rings. The lowest BCUT2D eigenvalue weighted by Gasteiger charge is -2.16. The Labute approximate surface area is 112 Å². The average molecular weight is 291 g/mol. The maximum absolute atomic E-state index is 12.3. The van der Waals surface area contributed by atoms with Gasteiger partial charge in [-0.3, -0.25) is 4.79 Å². The highest BCUT2D eigenvalue weighted by Gasteiger charge is 2.40. The van der Waals surface area contributed by atoms with Gasteiger partial charge in [-0.1, -0.05) is 0 Å². The minimum Gasteiger partial charge on any atom is -0.496 e. The van der Waals surface area contributed by atoms with E-state index < -0.39 is 18.4 Å². The van der Waals surface area contributed by atoms with Gasteiger partial charge in [-0.25, -0.2) is 0 Å². The van der Waals surface area contributed by atoms with Crippen molar-refractivity contribution in [2.24, 2.45) is 0 Å². The van der Waals surface area contributed by atoms with Gasteiger partial charge in [0.15, 0.2) is 6.29 Å². The van der Waals surface area contributed by atoms with Crippen LogP contribution >= 0.6 is 0 Å². The van der Waals surface area contributed by atoms with Crippen molar-refractivity contribution in [1.82, 2.24) is 0 Å². The molecule has 1 unspecified atom stereocenters. The van der Waals surface area contributed by atoms with Gasteiger partial charge in [-0.05, 0) is 18.1 Å². The number of rotatable bonds is 2. The standard InChI is InChI=1S/C12H12F3NO4/c1-5-6-4-20-10(17)9(6)7(3-8(5)19-2)16-11(18)12(13,14)15/h3,10,17H,4H2,1-2H3,(H,16,18). The summed E-state index contributed by atoms with van der Waals surface area (Å²) >= 11 is 0. The SMILES string of the molecule is COc1cc(NC(=O)C(F)(F)F)c2c(c1C)COC2O. The fourth-order valence-electron chi connectivity index (χ4n) is 2.05. The van der Waals surface area contributed by atoms with Gasteiger partial charge < -0.3 is 19.9 Å². The van der Waals surface area contributed by atoms with Crippen LogP contribution < -0.4 is 10.1 Å². The summed E-state index contributed by atoms with van der Waals surface area (Å²) < 4.78 is 46.9. The first-order chi connectivity index (χ1) is 9.25. The summed E-state index contributed by atoms with van der Waals surface area (Å²) in [5, 5.41) is 11.4. The van der Waals surface area contributed by atoms with Crippen LogP contribution in [0.5, 0.6) is 5.75 Å². The number of amides is 1. The number of halogens is 3. The van der Waals surface area contributed by atoms with Crippen LogP contribution in [0.2, 0.25) is 0 Å². The molecule has 1 aliphatic heterocycles. The summed E-state index contributed by atoms with van der Waals surface area (Å²) in [6.45, 7) is 1.73. The van der Waals surface area contributed by atoms with Crippen molar-refractivity contribution >= 4 is 11.6 Å². The van der Waals surface area contributed by atoms with Gasteiger partial charge in [-0.2, -0.15) is 13.2 Å². The van der Waals surface area contributed by atoms with Crippen molar-refractivity contribution in [1.29, 1.82) is 0 Å². The molecule has 1 aliphatic rings. The molecule has 0 bridgehead atoms. The molecule has 2 rings (SSSR count). The third-order valence-electron chi connectivity index (χ3n) is 3.07. The molecule has 20 heavy (non-hydrogen) atoms. The van der Waals surface area contributed by atoms with Crippen LogP contribution in [-0.2, 0) is 16.1 Å². The van der Waals surface area contributed by atoms with E-state index in [0.29, 0.717) is 16.9 Å². The van der Waals surface area contributed by atoms with Crippen molar-refractivity contribution in [2.45, 2.75) is 26.0 Å². The Morgan fingerprint density at radius 2 is 2.20 bits per heavy atom. The minimum atomic E-state index is -5.02. The van der Waals surface area contributed by atoms with Crippen LogP contribution in [-0.4, -0.2) is 24.3 Å². The molecule has 0 spiro atoms. The van der Waals surface area contributed by atoms with Gasteiger partial charge in [0.2, 0.25) is 0 Å². The zero-order valence-corrected chi connectivity index (χ0v) is 10.7. The highest BCUT2D eigenvalue weighted by Crippen LogP contribution is 2.41. The van der Waals surface area contributed by atoms with E-state index in [9.17, 15) is 23.1 Å². The van der Waals surface area contributed by atoms with Crippen molar-refractivity contribution in [2.75, 3.05) is 12.4 Å². The number of carbonyl (C=O) groups excluding carboxylic acids is 1. The molecule has 1 aromatic carbocycles. The molecule has 1 amide bonds. The summed E-state index contributed by atoms with van der Waals surface area (Å²) in [7, 11) is 1.36. The summed E-state index contributed by atoms with van der Waals surface area (Å²) in [5.74, 6) is -1.82. The Balaban J connectivity index is 2.48. The number of benzene rings is 1. The van der Waals surface area contributed by atoms with Gasteiger partial charge in [0.1, 0.15) is 5.75 Å². The van der Waals surface area contributed by atoms with Gasteiger partial charge >= 0.3 is 12.1 Å². The molecule has 2 N–H and O–H groups in total. The van der Waals surface area contributed by atoms with Crippen LogP contribution in [0.25, 0.3) is 0 Å². The van der Waals surface area contributed by atoms with Crippen LogP contribution in [0.15, 0.2) is 6.07 Å². The van der Waals surface area contributed by atoms with Crippen LogP contribution in [0.1, 0.15) is 23.0 Å². The van der Waals surface area contributed by atoms with Gasteiger partial charge in [0.25, 0.3) is 0 Å². The summed E-state index contributed by atoms with van der Waals surface area (Å²) in [6, 6.07) is 1.23. The first-order valence-corrected chi connectivity index (χ1v) is 5.64. The van der Waals surface area contributed by atoms with E-state index in [1.165, 1.54) is 13.2 Å². The predicted octanol–water partition coefficient (Wildman–Crippen LogP) is 2.03. The molecule has 0 saturated heterocycles. The number of hydrogen-bond donors (Lipinski definition) is 2. The normalized spacial score (nSPS) is 17.8. The molecule has 5 nitrogen and oxygen atoms in total. The highest BCUT2D eigenvalue weighted by molar-refractivity contribution is 5.96. The summed E-state index contributed by atoms with van der Waals surface area (Å²) in [4.78, 5) is 11.0. The molecular formula is C12H12F3NO4. The maximum Gasteiger partial charge on any atom is 0.471 e. The largest absolute Gasteiger partial charge is 0.496 e. The smallest absolute Gasteiger partial charge is 0.471 e. The summed E-state index contributed by atoms with van der Waals surface area (Å²) in [6.07, 6.45) is -6.40. The Kier molecular flexibility index (Phi) is 3.61. The van der Waals surface area contributed by atoms with Gasteiger partial charge in [-0.15, -0.1) is 0 Å². The average Bonchev–Trinajstić information content (AvgIpc) is 2.74. The number of nitrogens with one attached hydrogen (secondary N) is 1. The van der Waals surface area contributed by atoms with Gasteiger partial charge in [0, 0.05) is 11.6 Å². The van der Waals surface area contributed by atoms with E-state index in [1.54, 1.807) is 12.2 Å². The number of alkyl halides is 3. The van der Waals surface area contributed by atoms with Crippen LogP contribution in [0.3, 0.4) is 0 Å². The zero-order valence-electron chi connectivity index (χ0n) is 10.7. The second kappa shape index (κ2) is 4.95. The van der Waals surface area contributed by atoms with Gasteiger partial charge in [0.05, 0.1) is 19.4 Å². The minimum absolute atomic E-state index is 0.0361. The lowest BCUT2D eigenvalue weighted by Crippen LogP contribution is -2.30. The van der Waals surface area contributed by atoms with Crippen LogP contribution in [0, 0.1) is 6.92 Å². The van der Waals surface area contributed by atoms with Crippen molar-refractivity contribution < 1.29 is 32.5 Å². The second-order valence-corrected chi connectivity index (χ2v) is 4.26. The number of aliphatic hydroxyl groups excluding tert-OH is 1. The number of ether oxygens (including phenoxy) is 2. The molecule has 1 heterocycles. The Hall–Kier alpha value is -1.80. The predicted molar refractivity (Wildman–Crippen MR) is 62.2 cm³/mol. The monoisotopic (exact) mass is 291 g/mol. The van der Waals surface area contributed by atoms with Crippen molar-refractivity contribution in [3.05, 3.63) is 22.8 Å². The third-order valence-corrected chi connectivity index (χ3v) is 3.07. The topological polar surface area (TPSA) is 67.8 Å². The zero-order chi connectivity index (χ0) is 15.1. The van der Waals surface area contributed by atoms with E-state index >= 15 is 0 Å². The molecule has 0 fully saturated rings. The maximum atomic E-state index is 12.3. The Bertz CT molecular complexity index is 557. The number of methoxy groups -OCH3 is 1. The number of hydrogen-bond acceptors (Lipinski definition) is 4. The number of fused-ring (bicyclic) bond motifs is 1. The number of aliphatic hydroxyl groups is 1. The lowest BCUT2D eigenvalue weighted by atomic mass is 10.0. The van der Waals surface area contributed by atoms with Crippen molar-refractivity contribution in [3.8, 4) is 5.75 Å². The van der Waals surface area contributed by atoms with Crippen LogP contribution in [0.4, 0.5) is 18.9 Å². The summed E-state index contributed by atoms with van der Waals surface area (Å²) in [5.41, 5.74) is 1.11. The molecule has 0 aliphatic carbocycles. The molecule has 1 atom stereocenters. The first-order valence-electron chi connectivity index (χ1n) is 5.64. The Morgan fingerprint density at radius 1 is 1.55 bits per heavy atom. The van der Waals surface area contributed by atoms with E-state index in [1.807, 2.05) is 0 Å². The van der Waals surface area contributed by atoms with Crippen molar-refractivity contribution in [3.63, 3.8) is 0 Å². The number of anilines is 1. The fourth-order valence-corrected chi connectivity index (χ4v) is 2.05. The molecule has 0 aromatic heterocycles. The fraction of sp³-hybridized carbons (Fsp3) is 0.417. The first kappa shape index (κ1) is 14.6. The lowest BCUT2D eigenvalue weighted by molar-refractivity contribution is -0.167. The quantitative estimate of drug-likeness (QED) is 0.875. The molecule has 0 radical (unpaired) electrons. The highest BCUT2D eigenvalue weighted by atomic mass is 19.4. The van der Waals surface area contributed by atoms with E-state index in [4.69, 9.17) is 9.47 Å². The Morgan fingerprint density at radius 3 is 2.75 bits per heavy atom. The second-order valence-electron chi connectivity index (χ2n) is 4.26.